The summed E-state index contributed by atoms with van der Waals surface area (Å²) in [6.07, 6.45) is 2.55. The number of nitrogens with two attached hydrogens (primary N) is 1. The number of rotatable bonds is 3. The van der Waals surface area contributed by atoms with Crippen LogP contribution in [-0.4, -0.2) is 9.97 Å². The van der Waals surface area contributed by atoms with Crippen LogP contribution in [0.4, 0.5) is 0 Å². The van der Waals surface area contributed by atoms with Crippen LogP contribution in [-0.2, 0) is 6.42 Å². The van der Waals surface area contributed by atoms with Gasteiger partial charge in [0.1, 0.15) is 0 Å². The zero-order valence-electron chi connectivity index (χ0n) is 10.4. The lowest BCUT2D eigenvalue weighted by atomic mass is 10.1. The summed E-state index contributed by atoms with van der Waals surface area (Å²) in [5.74, 6) is 0. The van der Waals surface area contributed by atoms with Gasteiger partial charge in [0.25, 0.3) is 0 Å². The normalized spacial score (nSPS) is 12.7. The topological polar surface area (TPSA) is 51.8 Å². The Kier molecular flexibility index (Phi) is 3.54. The maximum absolute atomic E-state index is 6.19. The zero-order valence-corrected chi connectivity index (χ0v) is 11.2. The molecule has 2 rings (SSSR count). The Labute approximate surface area is 106 Å². The predicted octanol–water partition coefficient (Wildman–Crippen LogP) is 2.71. The van der Waals surface area contributed by atoms with Crippen molar-refractivity contribution in [3.05, 3.63) is 45.2 Å². The van der Waals surface area contributed by atoms with Crippen molar-refractivity contribution in [1.29, 1.82) is 0 Å². The molecule has 1 atom stereocenters. The number of nitrogens with zero attached hydrogens (tertiary/aromatic N) is 2. The largest absolute Gasteiger partial charge is 0.322 e. The van der Waals surface area contributed by atoms with Gasteiger partial charge in [-0.05, 0) is 32.4 Å². The summed E-state index contributed by atoms with van der Waals surface area (Å²) >= 11 is 1.72. The Morgan fingerprint density at radius 1 is 1.35 bits per heavy atom. The fraction of sp³-hybridized carbons (Fsp3) is 0.385. The molecule has 0 saturated carbocycles. The number of aromatic nitrogens is 2. The summed E-state index contributed by atoms with van der Waals surface area (Å²) in [6, 6.07) is 3.91. The Hall–Kier alpha value is -1.26. The average Bonchev–Trinajstić information content (AvgIpc) is 2.58. The van der Waals surface area contributed by atoms with Gasteiger partial charge in [-0.1, -0.05) is 6.07 Å². The van der Waals surface area contributed by atoms with Crippen LogP contribution in [0.25, 0.3) is 0 Å². The van der Waals surface area contributed by atoms with E-state index in [1.54, 1.807) is 17.5 Å². The number of pyridine rings is 1. The Morgan fingerprint density at radius 2 is 2.12 bits per heavy atom. The molecule has 1 unspecified atom stereocenters. The van der Waals surface area contributed by atoms with Gasteiger partial charge in [-0.25, -0.2) is 4.98 Å². The minimum atomic E-state index is -0.0684. The molecular weight excluding hydrogens is 230 g/mol. The molecular formula is C13H17N3S. The van der Waals surface area contributed by atoms with Crippen LogP contribution in [0.15, 0.2) is 18.3 Å². The van der Waals surface area contributed by atoms with Gasteiger partial charge in [0.2, 0.25) is 0 Å². The first-order valence-electron chi connectivity index (χ1n) is 5.68. The van der Waals surface area contributed by atoms with Crippen LogP contribution >= 0.6 is 11.3 Å². The molecule has 17 heavy (non-hydrogen) atoms. The second kappa shape index (κ2) is 4.94. The molecule has 2 heterocycles. The van der Waals surface area contributed by atoms with E-state index in [2.05, 4.69) is 16.9 Å². The van der Waals surface area contributed by atoms with Crippen LogP contribution in [0.1, 0.15) is 32.9 Å². The van der Waals surface area contributed by atoms with Gasteiger partial charge in [0.05, 0.1) is 22.4 Å². The van der Waals surface area contributed by atoms with E-state index in [0.717, 1.165) is 28.4 Å². The molecule has 0 aliphatic rings. The number of thiazole rings is 1. The van der Waals surface area contributed by atoms with Crippen LogP contribution < -0.4 is 5.73 Å². The van der Waals surface area contributed by atoms with Gasteiger partial charge in [-0.2, -0.15) is 0 Å². The first kappa shape index (κ1) is 12.2. The monoisotopic (exact) mass is 247 g/mol. The molecule has 0 aliphatic carbocycles. The van der Waals surface area contributed by atoms with Crippen LogP contribution in [0, 0.1) is 20.8 Å². The van der Waals surface area contributed by atoms with E-state index in [1.165, 1.54) is 4.88 Å². The maximum atomic E-state index is 6.19. The van der Waals surface area contributed by atoms with Gasteiger partial charge in [-0.3, -0.25) is 4.98 Å². The summed E-state index contributed by atoms with van der Waals surface area (Å²) in [4.78, 5) is 10.1. The van der Waals surface area contributed by atoms with Crippen molar-refractivity contribution in [2.75, 3.05) is 0 Å². The lowest BCUT2D eigenvalue weighted by molar-refractivity contribution is 0.686. The molecule has 2 aromatic heterocycles. The summed E-state index contributed by atoms with van der Waals surface area (Å²) in [7, 11) is 0. The first-order valence-corrected chi connectivity index (χ1v) is 6.49. The smallest absolute Gasteiger partial charge is 0.0950 e. The maximum Gasteiger partial charge on any atom is 0.0950 e. The number of aryl methyl sites for hydroxylation is 3. The number of hydrogen-bond donors (Lipinski definition) is 1. The highest BCUT2D eigenvalue weighted by atomic mass is 32.1. The van der Waals surface area contributed by atoms with E-state index in [9.17, 15) is 0 Å². The highest BCUT2D eigenvalue weighted by Gasteiger charge is 2.13. The molecule has 0 spiro atoms. The first-order chi connectivity index (χ1) is 8.08. The van der Waals surface area contributed by atoms with Crippen LogP contribution in [0.3, 0.4) is 0 Å². The van der Waals surface area contributed by atoms with E-state index in [0.29, 0.717) is 0 Å². The molecule has 0 amide bonds. The Bertz CT molecular complexity index is 500. The summed E-state index contributed by atoms with van der Waals surface area (Å²) in [5, 5.41) is 1.09. The second-order valence-corrected chi connectivity index (χ2v) is 5.55. The summed E-state index contributed by atoms with van der Waals surface area (Å²) in [5.41, 5.74) is 9.41. The van der Waals surface area contributed by atoms with Crippen LogP contribution in [0.2, 0.25) is 0 Å². The van der Waals surface area contributed by atoms with E-state index in [1.807, 2.05) is 26.0 Å². The van der Waals surface area contributed by atoms with Crippen molar-refractivity contribution in [2.45, 2.75) is 33.2 Å². The van der Waals surface area contributed by atoms with Crippen molar-refractivity contribution in [2.24, 2.45) is 5.73 Å². The third-order valence-electron chi connectivity index (χ3n) is 2.87. The molecule has 3 nitrogen and oxygen atoms in total. The standard InChI is InChI=1S/C13H17N3S/c1-8-5-4-6-15-13(8)11(14)7-12-16-9(2)10(3)17-12/h4-6,11H,7,14H2,1-3H3. The lowest BCUT2D eigenvalue weighted by Gasteiger charge is -2.11. The molecule has 0 aliphatic heterocycles. The third kappa shape index (κ3) is 2.70. The molecule has 2 aromatic rings. The highest BCUT2D eigenvalue weighted by molar-refractivity contribution is 7.11. The molecule has 90 valence electrons. The molecule has 4 heteroatoms. The minimum Gasteiger partial charge on any atom is -0.322 e. The van der Waals surface area contributed by atoms with Crippen molar-refractivity contribution >= 4 is 11.3 Å². The third-order valence-corrected chi connectivity index (χ3v) is 3.96. The van der Waals surface area contributed by atoms with Gasteiger partial charge < -0.3 is 5.73 Å². The fourth-order valence-electron chi connectivity index (χ4n) is 1.80. The molecule has 0 radical (unpaired) electrons. The zero-order chi connectivity index (χ0) is 12.4. The second-order valence-electron chi connectivity index (χ2n) is 4.27. The van der Waals surface area contributed by atoms with Gasteiger partial charge >= 0.3 is 0 Å². The van der Waals surface area contributed by atoms with Gasteiger partial charge in [0, 0.05) is 17.5 Å². The Balaban J connectivity index is 2.17. The van der Waals surface area contributed by atoms with E-state index in [4.69, 9.17) is 5.73 Å². The molecule has 0 bridgehead atoms. The van der Waals surface area contributed by atoms with E-state index in [-0.39, 0.29) is 6.04 Å². The van der Waals surface area contributed by atoms with Crippen molar-refractivity contribution in [3.63, 3.8) is 0 Å². The Morgan fingerprint density at radius 3 is 2.71 bits per heavy atom. The predicted molar refractivity (Wildman–Crippen MR) is 71.2 cm³/mol. The van der Waals surface area contributed by atoms with Crippen molar-refractivity contribution < 1.29 is 0 Å². The lowest BCUT2D eigenvalue weighted by Crippen LogP contribution is -2.16. The minimum absolute atomic E-state index is 0.0684. The van der Waals surface area contributed by atoms with Crippen LogP contribution in [0.5, 0.6) is 0 Å². The molecule has 0 aromatic carbocycles. The summed E-state index contributed by atoms with van der Waals surface area (Å²) < 4.78 is 0. The van der Waals surface area contributed by atoms with E-state index >= 15 is 0 Å². The molecule has 2 N–H and O–H groups in total. The van der Waals surface area contributed by atoms with Gasteiger partial charge in [0.15, 0.2) is 0 Å². The highest BCUT2D eigenvalue weighted by Crippen LogP contribution is 2.22. The summed E-state index contributed by atoms with van der Waals surface area (Å²) in [6.45, 7) is 6.17. The SMILES string of the molecule is Cc1cccnc1C(N)Cc1nc(C)c(C)s1. The molecule has 0 fully saturated rings. The van der Waals surface area contributed by atoms with Crippen molar-refractivity contribution in [3.8, 4) is 0 Å². The van der Waals surface area contributed by atoms with E-state index < -0.39 is 0 Å². The number of hydrogen-bond acceptors (Lipinski definition) is 4. The fourth-order valence-corrected chi connectivity index (χ4v) is 2.79. The quantitative estimate of drug-likeness (QED) is 0.907. The average molecular weight is 247 g/mol. The van der Waals surface area contributed by atoms with Gasteiger partial charge in [-0.15, -0.1) is 11.3 Å². The van der Waals surface area contributed by atoms with Crippen molar-refractivity contribution in [1.82, 2.24) is 9.97 Å². The molecule has 0 saturated heterocycles.